The quantitative estimate of drug-likeness (QED) is 0.664. The maximum absolute atomic E-state index is 13.5. The van der Waals surface area contributed by atoms with Gasteiger partial charge in [0.25, 0.3) is 0 Å². The maximum atomic E-state index is 13.5. The molecule has 1 fully saturated rings. The Bertz CT molecular complexity index is 797. The third-order valence-corrected chi connectivity index (χ3v) is 6.56. The summed E-state index contributed by atoms with van der Waals surface area (Å²) in [7, 11) is 4.12. The van der Waals surface area contributed by atoms with Gasteiger partial charge in [0.15, 0.2) is 0 Å². The van der Waals surface area contributed by atoms with Crippen LogP contribution in [0.1, 0.15) is 42.5 Å². The van der Waals surface area contributed by atoms with E-state index in [2.05, 4.69) is 83.6 Å². The molecule has 5 heteroatoms. The highest BCUT2D eigenvalue weighted by molar-refractivity contribution is 9.10. The average Bonchev–Trinajstić information content (AvgIpc) is 2.75. The van der Waals surface area contributed by atoms with Crippen LogP contribution in [0.3, 0.4) is 0 Å². The van der Waals surface area contributed by atoms with E-state index in [1.54, 1.807) is 0 Å². The van der Waals surface area contributed by atoms with Crippen molar-refractivity contribution in [2.75, 3.05) is 33.9 Å². The Morgan fingerprint density at radius 2 is 1.72 bits per heavy atom. The molecule has 0 spiro atoms. The molecular weight excluding hydrogens is 428 g/mol. The predicted molar refractivity (Wildman–Crippen MR) is 121 cm³/mol. The summed E-state index contributed by atoms with van der Waals surface area (Å²) in [4.78, 5) is 15.6. The van der Waals surface area contributed by atoms with E-state index in [1.165, 1.54) is 11.1 Å². The second kappa shape index (κ2) is 9.88. The summed E-state index contributed by atoms with van der Waals surface area (Å²) in [6.07, 6.45) is 2.44. The second-order valence-corrected chi connectivity index (χ2v) is 8.90. The van der Waals surface area contributed by atoms with Crippen molar-refractivity contribution in [2.24, 2.45) is 0 Å². The average molecular weight is 459 g/mol. The number of hydrogen-bond donors (Lipinski definition) is 1. The Hall–Kier alpha value is -1.69. The Balaban J connectivity index is 1.78. The molecule has 1 N–H and O–H groups in total. The first-order valence-corrected chi connectivity index (χ1v) is 11.1. The molecule has 156 valence electrons. The molecule has 1 unspecified atom stereocenters. The molecule has 1 heterocycles. The van der Waals surface area contributed by atoms with Crippen LogP contribution in [0.25, 0.3) is 0 Å². The van der Waals surface area contributed by atoms with Gasteiger partial charge in [0.2, 0.25) is 5.91 Å². The summed E-state index contributed by atoms with van der Waals surface area (Å²) in [5.74, 6) is 0.0974. The topological polar surface area (TPSA) is 41.6 Å². The van der Waals surface area contributed by atoms with Crippen LogP contribution in [0.4, 0.5) is 0 Å². The monoisotopic (exact) mass is 458 g/mol. The number of halogens is 1. The number of benzene rings is 2. The van der Waals surface area contributed by atoms with Crippen LogP contribution in [0.2, 0.25) is 0 Å². The first kappa shape index (κ1) is 22.0. The van der Waals surface area contributed by atoms with Gasteiger partial charge in [-0.1, -0.05) is 59.3 Å². The van der Waals surface area contributed by atoms with Crippen molar-refractivity contribution >= 4 is 21.8 Å². The largest absolute Gasteiger partial charge is 0.381 e. The van der Waals surface area contributed by atoms with E-state index in [0.29, 0.717) is 32.6 Å². The van der Waals surface area contributed by atoms with Gasteiger partial charge >= 0.3 is 0 Å². The van der Waals surface area contributed by atoms with E-state index in [1.807, 2.05) is 12.1 Å². The number of amides is 1. The lowest BCUT2D eigenvalue weighted by atomic mass is 9.73. The third kappa shape index (κ3) is 5.08. The van der Waals surface area contributed by atoms with E-state index in [-0.39, 0.29) is 11.9 Å². The van der Waals surface area contributed by atoms with Crippen molar-refractivity contribution < 1.29 is 9.53 Å². The first-order chi connectivity index (χ1) is 14.0. The molecule has 1 aliphatic heterocycles. The van der Waals surface area contributed by atoms with E-state index < -0.39 is 5.41 Å². The number of hydrogen-bond acceptors (Lipinski definition) is 3. The zero-order valence-electron chi connectivity index (χ0n) is 17.6. The van der Waals surface area contributed by atoms with Gasteiger partial charge in [-0.15, -0.1) is 0 Å². The van der Waals surface area contributed by atoms with Gasteiger partial charge in [0, 0.05) is 24.2 Å². The molecule has 0 saturated carbocycles. The Morgan fingerprint density at radius 3 is 2.28 bits per heavy atom. The number of nitrogens with zero attached hydrogens (tertiary/aromatic N) is 1. The number of carbonyl (C=O) groups is 1. The van der Waals surface area contributed by atoms with Crippen molar-refractivity contribution in [1.29, 1.82) is 0 Å². The lowest BCUT2D eigenvalue weighted by Crippen LogP contribution is -2.49. The highest BCUT2D eigenvalue weighted by Gasteiger charge is 2.41. The van der Waals surface area contributed by atoms with Crippen LogP contribution >= 0.6 is 15.9 Å². The molecule has 0 aromatic heterocycles. The molecule has 2 aromatic rings. The molecule has 0 radical (unpaired) electrons. The van der Waals surface area contributed by atoms with Gasteiger partial charge in [-0.25, -0.2) is 0 Å². The molecule has 1 atom stereocenters. The summed E-state index contributed by atoms with van der Waals surface area (Å²) < 4.78 is 6.60. The fraction of sp³-hybridized carbons (Fsp3) is 0.458. The number of carbonyl (C=O) groups excluding carboxylic acids is 1. The Morgan fingerprint density at radius 1 is 1.10 bits per heavy atom. The minimum atomic E-state index is -0.526. The molecule has 29 heavy (non-hydrogen) atoms. The third-order valence-electron chi connectivity index (χ3n) is 6.03. The van der Waals surface area contributed by atoms with E-state index in [9.17, 15) is 4.79 Å². The van der Waals surface area contributed by atoms with Crippen LogP contribution in [0, 0.1) is 0 Å². The van der Waals surface area contributed by atoms with Crippen LogP contribution in [-0.4, -0.2) is 44.7 Å². The molecule has 0 aliphatic carbocycles. The van der Waals surface area contributed by atoms with E-state index in [0.717, 1.165) is 16.5 Å². The smallest absolute Gasteiger partial charge is 0.230 e. The van der Waals surface area contributed by atoms with Crippen LogP contribution in [-0.2, 0) is 21.4 Å². The van der Waals surface area contributed by atoms with Gasteiger partial charge in [-0.2, -0.15) is 0 Å². The molecule has 0 bridgehead atoms. The summed E-state index contributed by atoms with van der Waals surface area (Å²) in [6, 6.07) is 17.0. The van der Waals surface area contributed by atoms with Gasteiger partial charge < -0.3 is 15.0 Å². The molecular formula is C24H31BrN2O2. The molecule has 3 rings (SSSR count). The van der Waals surface area contributed by atoms with Gasteiger partial charge in [-0.3, -0.25) is 4.79 Å². The lowest BCUT2D eigenvalue weighted by molar-refractivity contribution is -0.130. The summed E-state index contributed by atoms with van der Waals surface area (Å²) in [5, 5.41) is 3.27. The standard InChI is InChI=1S/C24H31BrN2O2/c1-4-18-5-7-19(8-6-18)22(27(2)3)17-26-23(28)24(13-15-29-16-14-24)20-9-11-21(25)12-10-20/h5-12,22H,4,13-17H2,1-3H3,(H,26,28). The molecule has 2 aromatic carbocycles. The summed E-state index contributed by atoms with van der Waals surface area (Å²) in [6.45, 7) is 3.96. The summed E-state index contributed by atoms with van der Waals surface area (Å²) in [5.41, 5.74) is 3.08. The Kier molecular flexibility index (Phi) is 7.49. The first-order valence-electron chi connectivity index (χ1n) is 10.3. The fourth-order valence-electron chi connectivity index (χ4n) is 4.07. The fourth-order valence-corrected chi connectivity index (χ4v) is 4.33. The summed E-state index contributed by atoms with van der Waals surface area (Å²) >= 11 is 3.50. The second-order valence-electron chi connectivity index (χ2n) is 7.99. The number of likely N-dealkylation sites (N-methyl/N-ethyl adjacent to an activating group) is 1. The van der Waals surface area contributed by atoms with Crippen LogP contribution in [0.5, 0.6) is 0 Å². The minimum Gasteiger partial charge on any atom is -0.381 e. The van der Waals surface area contributed by atoms with Gasteiger partial charge in [0.1, 0.15) is 0 Å². The molecule has 1 saturated heterocycles. The van der Waals surface area contributed by atoms with Gasteiger partial charge in [-0.05, 0) is 62.2 Å². The van der Waals surface area contributed by atoms with Crippen molar-refractivity contribution in [2.45, 2.75) is 37.6 Å². The predicted octanol–water partition coefficient (Wildman–Crippen LogP) is 4.48. The molecule has 1 aliphatic rings. The van der Waals surface area contributed by atoms with Crippen molar-refractivity contribution in [3.63, 3.8) is 0 Å². The van der Waals surface area contributed by atoms with Crippen LogP contribution in [0.15, 0.2) is 53.0 Å². The zero-order valence-corrected chi connectivity index (χ0v) is 19.2. The number of rotatable bonds is 7. The lowest BCUT2D eigenvalue weighted by Gasteiger charge is -2.37. The van der Waals surface area contributed by atoms with Crippen molar-refractivity contribution in [3.05, 3.63) is 69.7 Å². The SMILES string of the molecule is CCc1ccc(C(CNC(=O)C2(c3ccc(Br)cc3)CCOCC2)N(C)C)cc1. The highest BCUT2D eigenvalue weighted by atomic mass is 79.9. The molecule has 4 nitrogen and oxygen atoms in total. The maximum Gasteiger partial charge on any atom is 0.230 e. The van der Waals surface area contributed by atoms with Crippen LogP contribution < -0.4 is 5.32 Å². The van der Waals surface area contributed by atoms with E-state index in [4.69, 9.17) is 4.74 Å². The number of nitrogens with one attached hydrogen (secondary N) is 1. The molecule has 1 amide bonds. The van der Waals surface area contributed by atoms with E-state index >= 15 is 0 Å². The zero-order chi connectivity index (χ0) is 20.9. The van der Waals surface area contributed by atoms with Crippen molar-refractivity contribution in [3.8, 4) is 0 Å². The normalized spacial score (nSPS) is 17.1. The van der Waals surface area contributed by atoms with Gasteiger partial charge in [0.05, 0.1) is 11.5 Å². The van der Waals surface area contributed by atoms with Crippen molar-refractivity contribution in [1.82, 2.24) is 10.2 Å². The number of ether oxygens (including phenoxy) is 1. The Labute approximate surface area is 182 Å². The number of aryl methyl sites for hydroxylation is 1. The highest BCUT2D eigenvalue weighted by Crippen LogP contribution is 2.36. The minimum absolute atomic E-state index is 0.0974.